The number of nitrogens with zero attached hydrogens (tertiary/aromatic N) is 4. The third-order valence-corrected chi connectivity index (χ3v) is 9.69. The summed E-state index contributed by atoms with van der Waals surface area (Å²) in [6.45, 7) is 0. The first-order valence-electron chi connectivity index (χ1n) is 14.2. The Labute approximate surface area is 243 Å². The van der Waals surface area contributed by atoms with Gasteiger partial charge in [0.15, 0.2) is 4.96 Å². The van der Waals surface area contributed by atoms with Crippen LogP contribution >= 0.6 is 11.3 Å². The lowest BCUT2D eigenvalue weighted by Gasteiger charge is -2.11. The summed E-state index contributed by atoms with van der Waals surface area (Å²) in [5, 5.41) is 5.03. The van der Waals surface area contributed by atoms with Crippen molar-refractivity contribution in [2.75, 3.05) is 0 Å². The summed E-state index contributed by atoms with van der Waals surface area (Å²) in [6, 6.07) is 48.2. The molecule has 42 heavy (non-hydrogen) atoms. The Morgan fingerprint density at radius 1 is 0.429 bits per heavy atom. The largest absolute Gasteiger partial charge is 0.309 e. The predicted octanol–water partition coefficient (Wildman–Crippen LogP) is 9.90. The lowest BCUT2D eigenvalue weighted by molar-refractivity contribution is 1.16. The summed E-state index contributed by atoms with van der Waals surface area (Å²) < 4.78 is 8.33. The molecule has 4 heterocycles. The molecule has 0 saturated heterocycles. The van der Waals surface area contributed by atoms with Crippen LogP contribution in [0.5, 0.6) is 0 Å². The van der Waals surface area contributed by atoms with Gasteiger partial charge in [0, 0.05) is 32.9 Å². The molecule has 6 aromatic carbocycles. The number of benzene rings is 6. The van der Waals surface area contributed by atoms with Crippen LogP contribution in [0.1, 0.15) is 0 Å². The van der Waals surface area contributed by atoms with Gasteiger partial charge in [-0.2, -0.15) is 0 Å². The zero-order chi connectivity index (χ0) is 27.4. The van der Waals surface area contributed by atoms with Crippen LogP contribution in [0.3, 0.4) is 0 Å². The monoisotopic (exact) mass is 554 g/mol. The van der Waals surface area contributed by atoms with Gasteiger partial charge in [-0.1, -0.05) is 84.1 Å². The van der Waals surface area contributed by atoms with Crippen LogP contribution in [-0.2, 0) is 0 Å². The maximum absolute atomic E-state index is 5.07. The molecule has 10 rings (SSSR count). The number of para-hydroxylation sites is 4. The quantitative estimate of drug-likeness (QED) is 0.209. The number of rotatable bonds is 2. The zero-order valence-corrected chi connectivity index (χ0v) is 23.2. The van der Waals surface area contributed by atoms with E-state index in [1.54, 1.807) is 11.3 Å². The molecule has 0 fully saturated rings. The van der Waals surface area contributed by atoms with Crippen LogP contribution in [0.15, 0.2) is 133 Å². The molecular weight excluding hydrogens is 533 g/mol. The van der Waals surface area contributed by atoms with E-state index in [0.717, 1.165) is 27.4 Å². The van der Waals surface area contributed by atoms with Crippen LogP contribution in [-0.4, -0.2) is 18.5 Å². The summed E-state index contributed by atoms with van der Waals surface area (Å²) in [5.74, 6) is 0. The Bertz CT molecular complexity index is 2650. The van der Waals surface area contributed by atoms with Crippen molar-refractivity contribution < 1.29 is 0 Å². The highest BCUT2D eigenvalue weighted by Crippen LogP contribution is 2.38. The van der Waals surface area contributed by atoms with Crippen molar-refractivity contribution in [1.82, 2.24) is 18.5 Å². The molecule has 10 aromatic rings. The number of hydrogen-bond donors (Lipinski definition) is 0. The van der Waals surface area contributed by atoms with Crippen LogP contribution in [0, 0.1) is 0 Å². The summed E-state index contributed by atoms with van der Waals surface area (Å²) in [7, 11) is 0. The normalized spacial score (nSPS) is 12.3. The first kappa shape index (κ1) is 22.3. The molecule has 0 amide bonds. The van der Waals surface area contributed by atoms with Crippen LogP contribution < -0.4 is 0 Å². The van der Waals surface area contributed by atoms with Gasteiger partial charge in [0.2, 0.25) is 0 Å². The maximum atomic E-state index is 5.07. The number of fused-ring (bicyclic) bond motifs is 11. The van der Waals surface area contributed by atoms with Crippen molar-refractivity contribution in [3.63, 3.8) is 0 Å². The van der Waals surface area contributed by atoms with Crippen LogP contribution in [0.4, 0.5) is 0 Å². The Kier molecular flexibility index (Phi) is 4.30. The standard InChI is InChI=1S/C37H22N4S/c1-4-12-30-25(9-1)26-10-2-5-13-31(26)39(30)24-17-19-28-27-11-3-6-14-32(27)40(35(28)22-24)23-18-20-33-29(21-23)38-37-41(33)34-15-7-8-16-36(34)42-37/h1-22H. The molecule has 0 aliphatic heterocycles. The van der Waals surface area contributed by atoms with Crippen molar-refractivity contribution in [3.05, 3.63) is 133 Å². The van der Waals surface area contributed by atoms with E-state index in [1.165, 1.54) is 53.8 Å². The van der Waals surface area contributed by atoms with Gasteiger partial charge in [0.1, 0.15) is 0 Å². The maximum Gasteiger partial charge on any atom is 0.195 e. The molecule has 4 aromatic heterocycles. The Morgan fingerprint density at radius 3 is 1.64 bits per heavy atom. The van der Waals surface area contributed by atoms with E-state index in [-0.39, 0.29) is 0 Å². The second-order valence-corrected chi connectivity index (χ2v) is 11.9. The zero-order valence-electron chi connectivity index (χ0n) is 22.4. The first-order chi connectivity index (χ1) is 20.8. The van der Waals surface area contributed by atoms with Gasteiger partial charge in [-0.05, 0) is 60.7 Å². The van der Waals surface area contributed by atoms with Crippen LogP contribution in [0.2, 0.25) is 0 Å². The second-order valence-electron chi connectivity index (χ2n) is 10.9. The highest BCUT2D eigenvalue weighted by molar-refractivity contribution is 7.23. The van der Waals surface area contributed by atoms with E-state index in [2.05, 4.69) is 147 Å². The summed E-state index contributed by atoms with van der Waals surface area (Å²) >= 11 is 1.74. The summed E-state index contributed by atoms with van der Waals surface area (Å²) in [5.41, 5.74) is 10.4. The second kappa shape index (κ2) is 8.09. The number of aromatic nitrogens is 4. The lowest BCUT2D eigenvalue weighted by atomic mass is 10.1. The van der Waals surface area contributed by atoms with Crippen molar-refractivity contribution in [1.29, 1.82) is 0 Å². The smallest absolute Gasteiger partial charge is 0.195 e. The topological polar surface area (TPSA) is 27.2 Å². The molecule has 5 heteroatoms. The van der Waals surface area contributed by atoms with Gasteiger partial charge < -0.3 is 9.13 Å². The molecule has 0 aliphatic carbocycles. The van der Waals surface area contributed by atoms with Crippen molar-refractivity contribution >= 4 is 81.2 Å². The SMILES string of the molecule is c1ccc2c(c1)sc1nc3cc(-n4c5ccccc5c5ccc(-n6c7ccccc7c7ccccc76)cc54)ccc3n12. The molecule has 0 spiro atoms. The average Bonchev–Trinajstić information content (AvgIpc) is 3.76. The minimum absolute atomic E-state index is 1.01. The van der Waals surface area contributed by atoms with Gasteiger partial charge in [0.25, 0.3) is 0 Å². The fourth-order valence-electron chi connectivity index (χ4n) is 6.89. The van der Waals surface area contributed by atoms with Crippen LogP contribution in [0.25, 0.3) is 81.2 Å². The average molecular weight is 555 g/mol. The van der Waals surface area contributed by atoms with E-state index >= 15 is 0 Å². The molecule has 0 atom stereocenters. The first-order valence-corrected chi connectivity index (χ1v) is 15.0. The van der Waals surface area contributed by atoms with Crippen molar-refractivity contribution in [3.8, 4) is 11.4 Å². The third kappa shape index (κ3) is 2.88. The Hall–Kier alpha value is -5.39. The minimum atomic E-state index is 1.01. The van der Waals surface area contributed by atoms with E-state index in [4.69, 9.17) is 4.98 Å². The van der Waals surface area contributed by atoms with Crippen molar-refractivity contribution in [2.24, 2.45) is 0 Å². The molecule has 0 N–H and O–H groups in total. The number of hydrogen-bond acceptors (Lipinski definition) is 2. The molecular formula is C37H22N4S. The summed E-state index contributed by atoms with van der Waals surface area (Å²) in [4.78, 5) is 6.10. The van der Waals surface area contributed by atoms with E-state index in [1.807, 2.05) is 0 Å². The van der Waals surface area contributed by atoms with Gasteiger partial charge in [0.05, 0.1) is 43.3 Å². The molecule has 0 bridgehead atoms. The Morgan fingerprint density at radius 2 is 0.952 bits per heavy atom. The highest BCUT2D eigenvalue weighted by Gasteiger charge is 2.18. The fourth-order valence-corrected chi connectivity index (χ4v) is 7.93. The molecule has 0 unspecified atom stereocenters. The minimum Gasteiger partial charge on any atom is -0.309 e. The molecule has 196 valence electrons. The number of thiazole rings is 1. The van der Waals surface area contributed by atoms with Gasteiger partial charge in [-0.25, -0.2) is 4.98 Å². The van der Waals surface area contributed by atoms with Crippen molar-refractivity contribution in [2.45, 2.75) is 0 Å². The summed E-state index contributed by atoms with van der Waals surface area (Å²) in [6.07, 6.45) is 0. The molecule has 0 saturated carbocycles. The van der Waals surface area contributed by atoms with Gasteiger partial charge >= 0.3 is 0 Å². The van der Waals surface area contributed by atoms with Gasteiger partial charge in [-0.3, -0.25) is 4.40 Å². The fraction of sp³-hybridized carbons (Fsp3) is 0. The number of imidazole rings is 1. The van der Waals surface area contributed by atoms with E-state index in [0.29, 0.717) is 0 Å². The molecule has 4 nitrogen and oxygen atoms in total. The molecule has 0 aliphatic rings. The Balaban J connectivity index is 1.26. The highest BCUT2D eigenvalue weighted by atomic mass is 32.1. The van der Waals surface area contributed by atoms with E-state index < -0.39 is 0 Å². The van der Waals surface area contributed by atoms with E-state index in [9.17, 15) is 0 Å². The predicted molar refractivity (Wildman–Crippen MR) is 177 cm³/mol. The third-order valence-electron chi connectivity index (χ3n) is 8.67. The lowest BCUT2D eigenvalue weighted by Crippen LogP contribution is -1.97. The van der Waals surface area contributed by atoms with Gasteiger partial charge in [-0.15, -0.1) is 0 Å². The molecule has 0 radical (unpaired) electrons.